The van der Waals surface area contributed by atoms with Crippen molar-refractivity contribution in [1.29, 1.82) is 0 Å². The van der Waals surface area contributed by atoms with Crippen LogP contribution in [0.4, 0.5) is 5.69 Å². The summed E-state index contributed by atoms with van der Waals surface area (Å²) in [6.45, 7) is 6.94. The summed E-state index contributed by atoms with van der Waals surface area (Å²) in [7, 11) is 0. The topological polar surface area (TPSA) is 3.24 Å². The maximum Gasteiger partial charge on any atom is 0.0517 e. The molecular formula is C17H19N. The zero-order valence-electron chi connectivity index (χ0n) is 10.8. The number of rotatable bonds is 5. The molecule has 0 aliphatic carbocycles. The van der Waals surface area contributed by atoms with Crippen LogP contribution in [0.5, 0.6) is 0 Å². The molecule has 1 heteroatoms. The normalized spacial score (nSPS) is 11.8. The van der Waals surface area contributed by atoms with Crippen LogP contribution in [0.3, 0.4) is 0 Å². The van der Waals surface area contributed by atoms with Crippen LogP contribution in [0.15, 0.2) is 73.3 Å². The highest BCUT2D eigenvalue weighted by Gasteiger charge is 2.14. The fraction of sp³-hybridized carbons (Fsp3) is 0.176. The van der Waals surface area contributed by atoms with Gasteiger partial charge in [0.1, 0.15) is 0 Å². The Morgan fingerprint density at radius 2 is 1.56 bits per heavy atom. The number of para-hydroxylation sites is 1. The van der Waals surface area contributed by atoms with Crippen molar-refractivity contribution < 1.29 is 0 Å². The van der Waals surface area contributed by atoms with Crippen LogP contribution in [-0.2, 0) is 0 Å². The molecule has 0 unspecified atom stereocenters. The lowest BCUT2D eigenvalue weighted by molar-refractivity contribution is 0.709. The zero-order valence-corrected chi connectivity index (χ0v) is 10.8. The highest BCUT2D eigenvalue weighted by molar-refractivity contribution is 5.49. The van der Waals surface area contributed by atoms with E-state index in [9.17, 15) is 0 Å². The van der Waals surface area contributed by atoms with Gasteiger partial charge in [-0.1, -0.05) is 54.6 Å². The van der Waals surface area contributed by atoms with E-state index >= 15 is 0 Å². The fourth-order valence-corrected chi connectivity index (χ4v) is 2.16. The lowest BCUT2D eigenvalue weighted by atomic mass is 10.1. The van der Waals surface area contributed by atoms with E-state index in [1.165, 1.54) is 11.3 Å². The Kier molecular flexibility index (Phi) is 4.19. The van der Waals surface area contributed by atoms with E-state index in [1.807, 2.05) is 12.1 Å². The number of anilines is 1. The standard InChI is InChI=1S/C17H19N/c1-3-14-18(17-12-8-5-9-13-17)15(2)16-10-6-4-7-11-16/h3-13,15H,1,14H2,2H3/t15-/m1/s1. The summed E-state index contributed by atoms with van der Waals surface area (Å²) in [6, 6.07) is 21.4. The monoisotopic (exact) mass is 237 g/mol. The molecule has 2 rings (SSSR count). The van der Waals surface area contributed by atoms with Crippen LogP contribution in [-0.4, -0.2) is 6.54 Å². The number of hydrogen-bond donors (Lipinski definition) is 0. The first-order chi connectivity index (χ1) is 8.83. The highest BCUT2D eigenvalue weighted by Crippen LogP contribution is 2.26. The maximum absolute atomic E-state index is 3.86. The van der Waals surface area contributed by atoms with Crippen molar-refractivity contribution in [1.82, 2.24) is 0 Å². The summed E-state index contributed by atoms with van der Waals surface area (Å²) in [5.41, 5.74) is 2.55. The van der Waals surface area contributed by atoms with Gasteiger partial charge in [0.05, 0.1) is 6.04 Å². The van der Waals surface area contributed by atoms with Gasteiger partial charge in [-0.2, -0.15) is 0 Å². The minimum atomic E-state index is 0.339. The lowest BCUT2D eigenvalue weighted by Crippen LogP contribution is -2.26. The summed E-state index contributed by atoms with van der Waals surface area (Å²) < 4.78 is 0. The van der Waals surface area contributed by atoms with Gasteiger partial charge < -0.3 is 4.90 Å². The molecule has 2 aromatic carbocycles. The minimum Gasteiger partial charge on any atom is -0.361 e. The molecule has 18 heavy (non-hydrogen) atoms. The molecule has 2 aromatic rings. The van der Waals surface area contributed by atoms with Crippen molar-refractivity contribution in [3.8, 4) is 0 Å². The van der Waals surface area contributed by atoms with Gasteiger partial charge in [-0.15, -0.1) is 6.58 Å². The van der Waals surface area contributed by atoms with Crippen LogP contribution in [0, 0.1) is 0 Å². The Balaban J connectivity index is 2.28. The molecule has 0 bridgehead atoms. The van der Waals surface area contributed by atoms with Gasteiger partial charge in [-0.3, -0.25) is 0 Å². The number of hydrogen-bond acceptors (Lipinski definition) is 1. The van der Waals surface area contributed by atoms with Gasteiger partial charge in [0.15, 0.2) is 0 Å². The fourth-order valence-electron chi connectivity index (χ4n) is 2.16. The second-order valence-corrected chi connectivity index (χ2v) is 4.36. The van der Waals surface area contributed by atoms with E-state index in [4.69, 9.17) is 0 Å². The van der Waals surface area contributed by atoms with E-state index in [0.29, 0.717) is 6.04 Å². The van der Waals surface area contributed by atoms with E-state index in [-0.39, 0.29) is 0 Å². The summed E-state index contributed by atoms with van der Waals surface area (Å²) in [5.74, 6) is 0. The lowest BCUT2D eigenvalue weighted by Gasteiger charge is -2.30. The highest BCUT2D eigenvalue weighted by atomic mass is 15.2. The Hall–Kier alpha value is -2.02. The molecule has 0 saturated carbocycles. The van der Waals surface area contributed by atoms with Crippen molar-refractivity contribution in [3.63, 3.8) is 0 Å². The Bertz CT molecular complexity index is 475. The predicted octanol–water partition coefficient (Wildman–Crippen LogP) is 4.44. The van der Waals surface area contributed by atoms with Crippen molar-refractivity contribution >= 4 is 5.69 Å². The number of nitrogens with zero attached hydrogens (tertiary/aromatic N) is 1. The molecule has 1 nitrogen and oxygen atoms in total. The molecule has 0 saturated heterocycles. The third-order valence-corrected chi connectivity index (χ3v) is 3.16. The largest absolute Gasteiger partial charge is 0.361 e. The van der Waals surface area contributed by atoms with E-state index in [2.05, 4.69) is 73.0 Å². The summed E-state index contributed by atoms with van der Waals surface area (Å²) in [6.07, 6.45) is 1.95. The van der Waals surface area contributed by atoms with Crippen molar-refractivity contribution in [2.45, 2.75) is 13.0 Å². The Labute approximate surface area is 109 Å². The molecule has 0 aliphatic heterocycles. The molecule has 1 atom stereocenters. The van der Waals surface area contributed by atoms with Gasteiger partial charge in [0.2, 0.25) is 0 Å². The van der Waals surface area contributed by atoms with Gasteiger partial charge in [0, 0.05) is 12.2 Å². The number of benzene rings is 2. The van der Waals surface area contributed by atoms with Gasteiger partial charge in [-0.05, 0) is 24.6 Å². The minimum absolute atomic E-state index is 0.339. The second kappa shape index (κ2) is 6.06. The van der Waals surface area contributed by atoms with Crippen molar-refractivity contribution in [3.05, 3.63) is 78.9 Å². The molecule has 0 amide bonds. The first kappa shape index (κ1) is 12.4. The van der Waals surface area contributed by atoms with Gasteiger partial charge in [0.25, 0.3) is 0 Å². The quantitative estimate of drug-likeness (QED) is 0.695. The molecule has 0 aliphatic rings. The van der Waals surface area contributed by atoms with Gasteiger partial charge >= 0.3 is 0 Å². The first-order valence-corrected chi connectivity index (χ1v) is 6.30. The molecule has 0 radical (unpaired) electrons. The van der Waals surface area contributed by atoms with E-state index in [1.54, 1.807) is 0 Å². The predicted molar refractivity (Wildman–Crippen MR) is 78.8 cm³/mol. The van der Waals surface area contributed by atoms with E-state index < -0.39 is 0 Å². The average molecular weight is 237 g/mol. The third kappa shape index (κ3) is 2.80. The SMILES string of the molecule is C=CCN(c1ccccc1)[C@H](C)c1ccccc1. The zero-order chi connectivity index (χ0) is 12.8. The summed E-state index contributed by atoms with van der Waals surface area (Å²) in [5, 5.41) is 0. The van der Waals surface area contributed by atoms with E-state index in [0.717, 1.165) is 6.54 Å². The third-order valence-electron chi connectivity index (χ3n) is 3.16. The molecule has 0 heterocycles. The van der Waals surface area contributed by atoms with Crippen LogP contribution in [0.1, 0.15) is 18.5 Å². The Morgan fingerprint density at radius 1 is 1.00 bits per heavy atom. The van der Waals surface area contributed by atoms with Crippen molar-refractivity contribution in [2.75, 3.05) is 11.4 Å². The van der Waals surface area contributed by atoms with Gasteiger partial charge in [-0.25, -0.2) is 0 Å². The smallest absolute Gasteiger partial charge is 0.0517 e. The maximum atomic E-state index is 3.86. The van der Waals surface area contributed by atoms with Crippen LogP contribution in [0.2, 0.25) is 0 Å². The molecule has 92 valence electrons. The average Bonchev–Trinajstić information content (AvgIpc) is 2.46. The molecule has 0 fully saturated rings. The van der Waals surface area contributed by atoms with Crippen molar-refractivity contribution in [2.24, 2.45) is 0 Å². The van der Waals surface area contributed by atoms with Crippen LogP contribution in [0.25, 0.3) is 0 Å². The molecular weight excluding hydrogens is 218 g/mol. The summed E-state index contributed by atoms with van der Waals surface area (Å²) >= 11 is 0. The van der Waals surface area contributed by atoms with Crippen LogP contribution < -0.4 is 4.90 Å². The molecule has 0 aromatic heterocycles. The molecule has 0 spiro atoms. The van der Waals surface area contributed by atoms with Crippen LogP contribution >= 0.6 is 0 Å². The first-order valence-electron chi connectivity index (χ1n) is 6.30. The Morgan fingerprint density at radius 3 is 2.11 bits per heavy atom. The molecule has 0 N–H and O–H groups in total. The second-order valence-electron chi connectivity index (χ2n) is 4.36. The summed E-state index contributed by atoms with van der Waals surface area (Å²) in [4.78, 5) is 2.35.